The van der Waals surface area contributed by atoms with Crippen LogP contribution in [0, 0.1) is 5.92 Å². The van der Waals surface area contributed by atoms with E-state index in [4.69, 9.17) is 42.6 Å². The molecule has 266 valence electrons. The van der Waals surface area contributed by atoms with Gasteiger partial charge >= 0.3 is 35.8 Å². The van der Waals surface area contributed by atoms with E-state index in [9.17, 15) is 33.6 Å². The fourth-order valence-electron chi connectivity index (χ4n) is 6.02. The van der Waals surface area contributed by atoms with Crippen molar-refractivity contribution in [2.24, 2.45) is 5.92 Å². The minimum Gasteiger partial charge on any atom is -0.496 e. The molecule has 49 heavy (non-hydrogen) atoms. The van der Waals surface area contributed by atoms with Crippen molar-refractivity contribution in [3.05, 3.63) is 36.1 Å². The molecule has 0 N–H and O–H groups in total. The van der Waals surface area contributed by atoms with Gasteiger partial charge in [-0.2, -0.15) is 0 Å². The van der Waals surface area contributed by atoms with Gasteiger partial charge in [0.15, 0.2) is 18.0 Å². The number of ketones is 1. The van der Waals surface area contributed by atoms with E-state index in [-0.39, 0.29) is 29.9 Å². The third kappa shape index (κ3) is 9.55. The van der Waals surface area contributed by atoms with Gasteiger partial charge in [-0.15, -0.1) is 0 Å². The van der Waals surface area contributed by atoms with Gasteiger partial charge in [0.1, 0.15) is 36.8 Å². The lowest BCUT2D eigenvalue weighted by Crippen LogP contribution is -2.63. The average Bonchev–Trinajstić information content (AvgIpc) is 2.98. The van der Waals surface area contributed by atoms with Crippen LogP contribution in [-0.4, -0.2) is 97.2 Å². The maximum absolute atomic E-state index is 13.7. The highest BCUT2D eigenvalue weighted by molar-refractivity contribution is 6.22. The number of rotatable bonds is 10. The number of allylic oxidation sites excluding steroid dienone is 1. The topological polar surface area (TPSA) is 203 Å². The predicted molar refractivity (Wildman–Crippen MR) is 161 cm³/mol. The summed E-state index contributed by atoms with van der Waals surface area (Å²) in [6.45, 7) is 6.55. The molecule has 0 spiro atoms. The van der Waals surface area contributed by atoms with E-state index >= 15 is 0 Å². The van der Waals surface area contributed by atoms with Gasteiger partial charge in [-0.05, 0) is 17.7 Å². The lowest BCUT2D eigenvalue weighted by molar-refractivity contribution is -0.288. The molecule has 4 rings (SSSR count). The normalized spacial score (nSPS) is 29.1. The van der Waals surface area contributed by atoms with Gasteiger partial charge in [-0.3, -0.25) is 33.6 Å². The summed E-state index contributed by atoms with van der Waals surface area (Å²) < 4.78 is 50.0. The maximum atomic E-state index is 13.7. The number of Topliss-reactive ketones (excluding diaryl/α,β-unsaturated/α-hetero) is 1. The molecule has 2 aliphatic heterocycles. The molecular formula is C33H38O16. The molecule has 16 heteroatoms. The minimum atomic E-state index is -1.46. The Morgan fingerprint density at radius 2 is 1.27 bits per heavy atom. The Bertz CT molecular complexity index is 1480. The molecule has 1 aromatic rings. The van der Waals surface area contributed by atoms with Crippen LogP contribution in [0.1, 0.15) is 59.9 Å². The first kappa shape index (κ1) is 36.8. The van der Waals surface area contributed by atoms with Crippen molar-refractivity contribution in [1.29, 1.82) is 0 Å². The Hall–Kier alpha value is -4.99. The van der Waals surface area contributed by atoms with Crippen LogP contribution in [0.4, 0.5) is 0 Å². The van der Waals surface area contributed by atoms with Crippen LogP contribution in [-0.2, 0) is 71.5 Å². The van der Waals surface area contributed by atoms with Crippen molar-refractivity contribution in [2.45, 2.75) is 103 Å². The van der Waals surface area contributed by atoms with Gasteiger partial charge in [0.2, 0.25) is 12.4 Å². The number of esters is 6. The molecule has 16 nitrogen and oxygen atoms in total. The lowest BCUT2D eigenvalue weighted by Gasteiger charge is -2.43. The van der Waals surface area contributed by atoms with Crippen LogP contribution in [0.5, 0.6) is 5.75 Å². The summed E-state index contributed by atoms with van der Waals surface area (Å²) in [5, 5.41) is 0. The third-order valence-electron chi connectivity index (χ3n) is 7.74. The summed E-state index contributed by atoms with van der Waals surface area (Å²) >= 11 is 0. The number of carbonyl (C=O) groups is 7. The van der Waals surface area contributed by atoms with Crippen molar-refractivity contribution >= 4 is 47.2 Å². The van der Waals surface area contributed by atoms with Gasteiger partial charge in [0, 0.05) is 54.4 Å². The number of ether oxygens (including phenoxy) is 9. The first-order chi connectivity index (χ1) is 23.1. The van der Waals surface area contributed by atoms with Crippen LogP contribution >= 0.6 is 0 Å². The molecule has 2 heterocycles. The van der Waals surface area contributed by atoms with Crippen molar-refractivity contribution in [3.63, 3.8) is 0 Å². The molecule has 3 aliphatic rings. The predicted octanol–water partition coefficient (Wildman–Crippen LogP) is 1.73. The van der Waals surface area contributed by atoms with E-state index in [1.165, 1.54) is 32.2 Å². The fraction of sp³-hybridized carbons (Fsp3) is 0.545. The summed E-state index contributed by atoms with van der Waals surface area (Å²) in [4.78, 5) is 84.9. The SMILES string of the molecule is CC(=O)OC[C@@H]1O[C@@H](Oc2ccc(C3=COC4CC(OC(C)=O)CC(OC(C)=O)C4C3=O)cc2)[C@@H](OC(C)=O)[C@H](OC(C)=O)[C@H]1OC(C)=O. The van der Waals surface area contributed by atoms with Gasteiger partial charge < -0.3 is 42.6 Å². The Labute approximate surface area is 281 Å². The highest BCUT2D eigenvalue weighted by Gasteiger charge is 2.53. The Morgan fingerprint density at radius 3 is 1.84 bits per heavy atom. The first-order valence-electron chi connectivity index (χ1n) is 15.4. The van der Waals surface area contributed by atoms with Crippen molar-refractivity contribution < 1.29 is 76.2 Å². The summed E-state index contributed by atoms with van der Waals surface area (Å²) in [6.07, 6.45) is -7.37. The van der Waals surface area contributed by atoms with Gasteiger partial charge in [0.05, 0.1) is 17.8 Å². The van der Waals surface area contributed by atoms with Gasteiger partial charge in [0.25, 0.3) is 0 Å². The third-order valence-corrected chi connectivity index (χ3v) is 7.74. The summed E-state index contributed by atoms with van der Waals surface area (Å²) in [7, 11) is 0. The van der Waals surface area contributed by atoms with E-state index in [1.54, 1.807) is 12.1 Å². The Balaban J connectivity index is 1.59. The number of benzene rings is 1. The Morgan fingerprint density at radius 1 is 0.694 bits per heavy atom. The van der Waals surface area contributed by atoms with Crippen LogP contribution < -0.4 is 4.74 Å². The van der Waals surface area contributed by atoms with Crippen LogP contribution in [0.3, 0.4) is 0 Å². The van der Waals surface area contributed by atoms with E-state index in [0.717, 1.165) is 27.7 Å². The molecule has 9 atom stereocenters. The zero-order valence-electron chi connectivity index (χ0n) is 27.7. The quantitative estimate of drug-likeness (QED) is 0.253. The van der Waals surface area contributed by atoms with E-state index < -0.39 is 97.4 Å². The van der Waals surface area contributed by atoms with Crippen LogP contribution in [0.25, 0.3) is 5.57 Å². The molecular weight excluding hydrogens is 652 g/mol. The molecule has 1 saturated heterocycles. The summed E-state index contributed by atoms with van der Waals surface area (Å²) in [5.41, 5.74) is 0.629. The van der Waals surface area contributed by atoms with Crippen LogP contribution in [0.15, 0.2) is 30.5 Å². The number of hydrogen-bond acceptors (Lipinski definition) is 16. The molecule has 1 saturated carbocycles. The highest BCUT2D eigenvalue weighted by Crippen LogP contribution is 2.39. The maximum Gasteiger partial charge on any atom is 0.303 e. The van der Waals surface area contributed by atoms with Gasteiger partial charge in [-0.1, -0.05) is 12.1 Å². The minimum absolute atomic E-state index is 0.130. The summed E-state index contributed by atoms with van der Waals surface area (Å²) in [5.74, 6) is -5.13. The molecule has 0 radical (unpaired) electrons. The van der Waals surface area contributed by atoms with Gasteiger partial charge in [-0.25, -0.2) is 0 Å². The molecule has 2 fully saturated rings. The van der Waals surface area contributed by atoms with Crippen molar-refractivity contribution in [1.82, 2.24) is 0 Å². The first-order valence-corrected chi connectivity index (χ1v) is 15.4. The molecule has 0 bridgehead atoms. The van der Waals surface area contributed by atoms with E-state index in [0.29, 0.717) is 5.56 Å². The van der Waals surface area contributed by atoms with E-state index in [2.05, 4.69) is 0 Å². The monoisotopic (exact) mass is 690 g/mol. The number of fused-ring (bicyclic) bond motifs is 1. The Kier molecular flexibility index (Phi) is 12.0. The average molecular weight is 691 g/mol. The second-order valence-electron chi connectivity index (χ2n) is 11.7. The number of carbonyl (C=O) groups excluding carboxylic acids is 7. The second-order valence-corrected chi connectivity index (χ2v) is 11.7. The van der Waals surface area contributed by atoms with Crippen molar-refractivity contribution in [3.8, 4) is 5.75 Å². The molecule has 0 amide bonds. The van der Waals surface area contributed by atoms with Crippen molar-refractivity contribution in [2.75, 3.05) is 6.61 Å². The summed E-state index contributed by atoms with van der Waals surface area (Å²) in [6, 6.07) is 6.09. The van der Waals surface area contributed by atoms with E-state index in [1.807, 2.05) is 0 Å². The molecule has 1 aromatic carbocycles. The zero-order valence-corrected chi connectivity index (χ0v) is 27.7. The second kappa shape index (κ2) is 15.9. The molecule has 1 aliphatic carbocycles. The lowest BCUT2D eigenvalue weighted by atomic mass is 9.75. The molecule has 4 unspecified atom stereocenters. The zero-order chi connectivity index (χ0) is 36.0. The molecule has 0 aromatic heterocycles. The largest absolute Gasteiger partial charge is 0.496 e. The van der Waals surface area contributed by atoms with Crippen LogP contribution in [0.2, 0.25) is 0 Å². The smallest absolute Gasteiger partial charge is 0.303 e. The standard InChI is InChI=1S/C33H38O16/c1-15(34)41-14-27-30(45-18(4)37)31(46-19(5)38)32(47-20(6)39)33(49-27)48-22-9-7-21(8-10-22)24-13-42-25-11-23(43-16(2)35)12-26(44-17(3)36)28(25)29(24)40/h7-10,13,23,25-28,30-33H,11-12,14H2,1-6H3/t23?,25?,26?,27-,28?,30-,31+,32-,33+/m0/s1. The number of hydrogen-bond donors (Lipinski definition) is 0. The highest BCUT2D eigenvalue weighted by atomic mass is 16.7. The fourth-order valence-corrected chi connectivity index (χ4v) is 6.02.